The summed E-state index contributed by atoms with van der Waals surface area (Å²) in [5.41, 5.74) is -0.546. The number of hydrogen-bond acceptors (Lipinski definition) is 3. The number of rotatable bonds is 3. The Morgan fingerprint density at radius 2 is 2.00 bits per heavy atom. The Labute approximate surface area is 116 Å². The molecular formula is C15H25N3O. The monoisotopic (exact) mass is 263 g/mol. The summed E-state index contributed by atoms with van der Waals surface area (Å²) in [4.78, 5) is 14.6. The van der Waals surface area contributed by atoms with Gasteiger partial charge in [-0.2, -0.15) is 5.26 Å². The quantitative estimate of drug-likeness (QED) is 0.844. The van der Waals surface area contributed by atoms with Gasteiger partial charge >= 0.3 is 0 Å². The maximum Gasteiger partial charge on any atom is 0.240 e. The van der Waals surface area contributed by atoms with E-state index in [0.717, 1.165) is 38.8 Å². The number of amides is 1. The molecule has 0 unspecified atom stereocenters. The van der Waals surface area contributed by atoms with E-state index in [2.05, 4.69) is 37.2 Å². The fourth-order valence-corrected chi connectivity index (χ4v) is 3.26. The highest BCUT2D eigenvalue weighted by molar-refractivity contribution is 5.86. The maximum atomic E-state index is 12.2. The van der Waals surface area contributed by atoms with Gasteiger partial charge in [0, 0.05) is 6.54 Å². The highest BCUT2D eigenvalue weighted by Gasteiger charge is 2.49. The number of nitrogens with one attached hydrogen (secondary N) is 1. The summed E-state index contributed by atoms with van der Waals surface area (Å²) in [5, 5.41) is 12.3. The average molecular weight is 263 g/mol. The molecule has 2 aliphatic rings. The predicted octanol–water partition coefficient (Wildman–Crippen LogP) is 1.77. The molecule has 1 heterocycles. The van der Waals surface area contributed by atoms with Gasteiger partial charge in [0.15, 0.2) is 0 Å². The fourth-order valence-electron chi connectivity index (χ4n) is 3.26. The lowest BCUT2D eigenvalue weighted by atomic mass is 9.63. The second-order valence-corrected chi connectivity index (χ2v) is 7.00. The van der Waals surface area contributed by atoms with Gasteiger partial charge in [-0.15, -0.1) is 0 Å². The largest absolute Gasteiger partial charge is 0.354 e. The van der Waals surface area contributed by atoms with Crippen LogP contribution in [-0.2, 0) is 4.79 Å². The van der Waals surface area contributed by atoms with E-state index in [1.54, 1.807) is 0 Å². The number of nitriles is 1. The zero-order chi connectivity index (χ0) is 14.1. The molecule has 0 aromatic rings. The van der Waals surface area contributed by atoms with Gasteiger partial charge in [-0.1, -0.05) is 13.8 Å². The van der Waals surface area contributed by atoms with Crippen molar-refractivity contribution in [1.82, 2.24) is 10.2 Å². The number of nitrogens with zero attached hydrogens (tertiary/aromatic N) is 2. The van der Waals surface area contributed by atoms with Gasteiger partial charge in [0.1, 0.15) is 5.41 Å². The molecule has 0 aromatic carbocycles. The van der Waals surface area contributed by atoms with Crippen LogP contribution in [0.15, 0.2) is 0 Å². The number of hydrogen-bond donors (Lipinski definition) is 1. The third-order valence-electron chi connectivity index (χ3n) is 4.91. The summed E-state index contributed by atoms with van der Waals surface area (Å²) < 4.78 is 0. The van der Waals surface area contributed by atoms with Crippen molar-refractivity contribution < 1.29 is 4.79 Å². The lowest BCUT2D eigenvalue weighted by molar-refractivity contribution is -0.134. The predicted molar refractivity (Wildman–Crippen MR) is 74.3 cm³/mol. The minimum atomic E-state index is -0.735. The van der Waals surface area contributed by atoms with Crippen LogP contribution in [-0.4, -0.2) is 37.5 Å². The molecule has 0 spiro atoms. The maximum absolute atomic E-state index is 12.2. The SMILES string of the molecule is CC1CC(C#N)(C(=O)NCC2(C)CCN(C)CC2)C1. The first-order chi connectivity index (χ1) is 8.89. The highest BCUT2D eigenvalue weighted by Crippen LogP contribution is 2.45. The number of likely N-dealkylation sites (tertiary alicyclic amines) is 1. The second-order valence-electron chi connectivity index (χ2n) is 7.00. The molecular weight excluding hydrogens is 238 g/mol. The summed E-state index contributed by atoms with van der Waals surface area (Å²) in [6.45, 7) is 7.22. The number of piperidine rings is 1. The van der Waals surface area contributed by atoms with Gasteiger partial charge in [-0.05, 0) is 57.2 Å². The molecule has 1 saturated carbocycles. The Morgan fingerprint density at radius 1 is 1.42 bits per heavy atom. The van der Waals surface area contributed by atoms with Crippen LogP contribution in [0.2, 0.25) is 0 Å². The molecule has 0 atom stereocenters. The van der Waals surface area contributed by atoms with Crippen LogP contribution in [0.5, 0.6) is 0 Å². The molecule has 1 amide bonds. The van der Waals surface area contributed by atoms with E-state index in [1.165, 1.54) is 0 Å². The fraction of sp³-hybridized carbons (Fsp3) is 0.867. The third-order valence-corrected chi connectivity index (χ3v) is 4.91. The number of carbonyl (C=O) groups excluding carboxylic acids is 1. The lowest BCUT2D eigenvalue weighted by Gasteiger charge is -2.41. The molecule has 0 bridgehead atoms. The topological polar surface area (TPSA) is 56.1 Å². The minimum absolute atomic E-state index is 0.0479. The smallest absolute Gasteiger partial charge is 0.240 e. The molecule has 4 heteroatoms. The molecule has 0 aromatic heterocycles. The molecule has 4 nitrogen and oxygen atoms in total. The van der Waals surface area contributed by atoms with Gasteiger partial charge in [0.2, 0.25) is 5.91 Å². The van der Waals surface area contributed by atoms with E-state index in [9.17, 15) is 10.1 Å². The Hall–Kier alpha value is -1.08. The first-order valence-corrected chi connectivity index (χ1v) is 7.27. The minimum Gasteiger partial charge on any atom is -0.354 e. The van der Waals surface area contributed by atoms with Crippen LogP contribution < -0.4 is 5.32 Å². The normalized spacial score (nSPS) is 34.1. The average Bonchev–Trinajstić information content (AvgIpc) is 2.36. The molecule has 1 N–H and O–H groups in total. The van der Waals surface area contributed by atoms with E-state index < -0.39 is 5.41 Å². The van der Waals surface area contributed by atoms with E-state index in [0.29, 0.717) is 12.5 Å². The van der Waals surface area contributed by atoms with E-state index in [4.69, 9.17) is 0 Å². The highest BCUT2D eigenvalue weighted by atomic mass is 16.2. The summed E-state index contributed by atoms with van der Waals surface area (Å²) in [7, 11) is 2.14. The van der Waals surface area contributed by atoms with E-state index >= 15 is 0 Å². The lowest BCUT2D eigenvalue weighted by Crippen LogP contribution is -2.51. The Balaban J connectivity index is 1.85. The molecule has 0 radical (unpaired) electrons. The molecule has 2 fully saturated rings. The van der Waals surface area contributed by atoms with Crippen molar-refractivity contribution in [2.75, 3.05) is 26.7 Å². The van der Waals surface area contributed by atoms with Crippen molar-refractivity contribution in [3.05, 3.63) is 0 Å². The van der Waals surface area contributed by atoms with Crippen molar-refractivity contribution in [3.63, 3.8) is 0 Å². The standard InChI is InChI=1S/C15H25N3O/c1-12-8-15(9-12,10-16)13(19)17-11-14(2)4-6-18(3)7-5-14/h12H,4-9,11H2,1-3H3,(H,17,19). The summed E-state index contributed by atoms with van der Waals surface area (Å²) >= 11 is 0. The summed E-state index contributed by atoms with van der Waals surface area (Å²) in [6, 6.07) is 2.23. The van der Waals surface area contributed by atoms with E-state index in [1.807, 2.05) is 0 Å². The van der Waals surface area contributed by atoms with Crippen molar-refractivity contribution in [3.8, 4) is 6.07 Å². The van der Waals surface area contributed by atoms with Gasteiger partial charge in [-0.25, -0.2) is 0 Å². The molecule has 1 aliphatic carbocycles. The Bertz CT molecular complexity index is 385. The van der Waals surface area contributed by atoms with Gasteiger partial charge in [0.05, 0.1) is 6.07 Å². The van der Waals surface area contributed by atoms with Crippen LogP contribution in [0, 0.1) is 28.1 Å². The van der Waals surface area contributed by atoms with Crippen LogP contribution in [0.4, 0.5) is 0 Å². The van der Waals surface area contributed by atoms with Crippen LogP contribution in [0.3, 0.4) is 0 Å². The van der Waals surface area contributed by atoms with Crippen molar-refractivity contribution in [2.24, 2.45) is 16.7 Å². The number of carbonyl (C=O) groups is 1. The summed E-state index contributed by atoms with van der Waals surface area (Å²) in [6.07, 6.45) is 3.66. The second kappa shape index (κ2) is 5.13. The molecule has 19 heavy (non-hydrogen) atoms. The van der Waals surface area contributed by atoms with Gasteiger partial charge in [0.25, 0.3) is 0 Å². The van der Waals surface area contributed by atoms with Gasteiger partial charge in [-0.3, -0.25) is 4.79 Å². The van der Waals surface area contributed by atoms with E-state index in [-0.39, 0.29) is 11.3 Å². The van der Waals surface area contributed by atoms with Gasteiger partial charge < -0.3 is 10.2 Å². The first-order valence-electron chi connectivity index (χ1n) is 7.27. The van der Waals surface area contributed by atoms with Crippen molar-refractivity contribution in [2.45, 2.75) is 39.5 Å². The van der Waals surface area contributed by atoms with Crippen molar-refractivity contribution in [1.29, 1.82) is 5.26 Å². The van der Waals surface area contributed by atoms with Crippen LogP contribution in [0.25, 0.3) is 0 Å². The van der Waals surface area contributed by atoms with Crippen LogP contribution in [0.1, 0.15) is 39.5 Å². The van der Waals surface area contributed by atoms with Crippen molar-refractivity contribution >= 4 is 5.91 Å². The molecule has 1 aliphatic heterocycles. The Kier molecular flexibility index (Phi) is 3.87. The zero-order valence-electron chi connectivity index (χ0n) is 12.3. The van der Waals surface area contributed by atoms with Crippen LogP contribution >= 0.6 is 0 Å². The Morgan fingerprint density at radius 3 is 2.47 bits per heavy atom. The molecule has 2 rings (SSSR count). The third kappa shape index (κ3) is 2.92. The molecule has 1 saturated heterocycles. The first kappa shape index (κ1) is 14.3. The molecule has 106 valence electrons. The summed E-state index contributed by atoms with van der Waals surface area (Å²) in [5.74, 6) is 0.456. The zero-order valence-corrected chi connectivity index (χ0v) is 12.3.